The van der Waals surface area contributed by atoms with Crippen LogP contribution in [-0.4, -0.2) is 28.7 Å². The highest BCUT2D eigenvalue weighted by Crippen LogP contribution is 2.53. The summed E-state index contributed by atoms with van der Waals surface area (Å²) in [4.78, 5) is 35.9. The first-order valence-electron chi connectivity index (χ1n) is 7.96. The molecular formula is C17H10F7N3O3. The molecule has 0 bridgehead atoms. The van der Waals surface area contributed by atoms with Crippen molar-refractivity contribution in [2.45, 2.75) is 24.9 Å². The van der Waals surface area contributed by atoms with E-state index >= 15 is 0 Å². The molecule has 1 aliphatic heterocycles. The van der Waals surface area contributed by atoms with Crippen molar-refractivity contribution in [3.8, 4) is 5.69 Å². The van der Waals surface area contributed by atoms with Gasteiger partial charge in [-0.2, -0.15) is 26.3 Å². The molecule has 13 heteroatoms. The summed E-state index contributed by atoms with van der Waals surface area (Å²) in [6.07, 6.45) is -12.6. The molecule has 3 rings (SSSR count). The van der Waals surface area contributed by atoms with Crippen LogP contribution in [0.4, 0.5) is 36.6 Å². The van der Waals surface area contributed by atoms with Crippen LogP contribution >= 0.6 is 0 Å². The minimum atomic E-state index is -6.30. The Morgan fingerprint density at radius 1 is 0.900 bits per heavy atom. The molecule has 2 heterocycles. The highest BCUT2D eigenvalue weighted by Gasteiger charge is 2.73. The molecule has 2 aromatic rings. The summed E-state index contributed by atoms with van der Waals surface area (Å²) in [6.45, 7) is 1.02. The number of anilines is 1. The number of nitrogens with two attached hydrogens (primary N) is 1. The number of imide groups is 1. The molecule has 0 unspecified atom stereocenters. The van der Waals surface area contributed by atoms with Crippen molar-refractivity contribution in [1.82, 2.24) is 9.88 Å². The van der Waals surface area contributed by atoms with E-state index in [9.17, 15) is 45.1 Å². The van der Waals surface area contributed by atoms with E-state index in [0.717, 1.165) is 13.0 Å². The molecule has 0 aliphatic carbocycles. The SMILES string of the molecule is Cc1cc(C(F)(C(F)(F)F)C(F)(F)F)ccc1-n1c(N)c2c(cc1=O)C(=O)NC2=O. The Bertz CT molecular complexity index is 1130. The summed E-state index contributed by atoms with van der Waals surface area (Å²) < 4.78 is 92.6. The molecule has 6 nitrogen and oxygen atoms in total. The standard InChI is InChI=1S/C17H10F7N3O3/c1-6-4-7(15(18,16(19,20)21)17(22,23)24)2-3-9(6)27-10(28)5-8-11(12(27)25)14(30)26-13(8)29/h2-5H,25H2,1H3,(H,26,29,30). The predicted octanol–water partition coefficient (Wildman–Crippen LogP) is 2.90. The Kier molecular flexibility index (Phi) is 4.48. The number of amides is 2. The van der Waals surface area contributed by atoms with Gasteiger partial charge in [-0.05, 0) is 18.6 Å². The number of nitrogens with one attached hydrogen (secondary N) is 1. The summed E-state index contributed by atoms with van der Waals surface area (Å²) >= 11 is 0. The molecule has 0 radical (unpaired) electrons. The number of halogens is 7. The number of aromatic nitrogens is 1. The van der Waals surface area contributed by atoms with Crippen LogP contribution in [0.3, 0.4) is 0 Å². The summed E-state index contributed by atoms with van der Waals surface area (Å²) in [7, 11) is 0. The number of aryl methyl sites for hydroxylation is 1. The van der Waals surface area contributed by atoms with Crippen molar-refractivity contribution in [3.05, 3.63) is 56.9 Å². The van der Waals surface area contributed by atoms with Gasteiger partial charge in [-0.3, -0.25) is 24.3 Å². The smallest absolute Gasteiger partial charge is 0.384 e. The quantitative estimate of drug-likeness (QED) is 0.558. The second kappa shape index (κ2) is 6.31. The van der Waals surface area contributed by atoms with Crippen LogP contribution in [0.1, 0.15) is 31.8 Å². The van der Waals surface area contributed by atoms with E-state index in [1.165, 1.54) is 0 Å². The third-order valence-electron chi connectivity index (χ3n) is 4.57. The number of nitrogen functional groups attached to an aromatic ring is 1. The van der Waals surface area contributed by atoms with Crippen LogP contribution < -0.4 is 16.6 Å². The van der Waals surface area contributed by atoms with Gasteiger partial charge < -0.3 is 5.73 Å². The van der Waals surface area contributed by atoms with Crippen LogP contribution in [0.25, 0.3) is 5.69 Å². The lowest BCUT2D eigenvalue weighted by Crippen LogP contribution is -2.50. The van der Waals surface area contributed by atoms with Gasteiger partial charge in [-0.25, -0.2) is 4.39 Å². The Hall–Kier alpha value is -3.38. The Balaban J connectivity index is 2.24. The lowest BCUT2D eigenvalue weighted by atomic mass is 9.92. The molecule has 0 fully saturated rings. The first kappa shape index (κ1) is 21.3. The maximum Gasteiger partial charge on any atom is 0.435 e. The van der Waals surface area contributed by atoms with Crippen LogP contribution in [-0.2, 0) is 5.67 Å². The normalized spacial score (nSPS) is 14.7. The Morgan fingerprint density at radius 3 is 1.97 bits per heavy atom. The number of nitrogens with zero attached hydrogens (tertiary/aromatic N) is 1. The van der Waals surface area contributed by atoms with E-state index < -0.39 is 46.8 Å². The van der Waals surface area contributed by atoms with Gasteiger partial charge >= 0.3 is 18.0 Å². The summed E-state index contributed by atoms with van der Waals surface area (Å²) in [5.41, 5.74) is -4.00. The number of hydrogen-bond donors (Lipinski definition) is 2. The van der Waals surface area contributed by atoms with E-state index in [1.54, 1.807) is 0 Å². The Morgan fingerprint density at radius 2 is 1.47 bits per heavy atom. The highest BCUT2D eigenvalue weighted by molar-refractivity contribution is 6.23. The average Bonchev–Trinajstić information content (AvgIpc) is 2.87. The molecule has 30 heavy (non-hydrogen) atoms. The molecule has 1 aromatic carbocycles. The van der Waals surface area contributed by atoms with Crippen molar-refractivity contribution in [1.29, 1.82) is 0 Å². The zero-order valence-electron chi connectivity index (χ0n) is 14.7. The van der Waals surface area contributed by atoms with E-state index in [0.29, 0.717) is 10.6 Å². The van der Waals surface area contributed by atoms with Gasteiger partial charge in [0.15, 0.2) is 0 Å². The number of rotatable bonds is 2. The molecule has 0 saturated heterocycles. The first-order valence-corrected chi connectivity index (χ1v) is 7.96. The van der Waals surface area contributed by atoms with Gasteiger partial charge in [-0.1, -0.05) is 12.1 Å². The van der Waals surface area contributed by atoms with E-state index in [4.69, 9.17) is 5.73 Å². The van der Waals surface area contributed by atoms with E-state index in [1.807, 2.05) is 5.32 Å². The molecule has 1 aliphatic rings. The van der Waals surface area contributed by atoms with Crippen molar-refractivity contribution in [3.63, 3.8) is 0 Å². The van der Waals surface area contributed by atoms with Gasteiger partial charge in [0, 0.05) is 11.6 Å². The molecule has 0 saturated carbocycles. The van der Waals surface area contributed by atoms with Crippen LogP contribution in [0.2, 0.25) is 0 Å². The zero-order chi connectivity index (χ0) is 22.8. The van der Waals surface area contributed by atoms with Crippen LogP contribution in [0.15, 0.2) is 29.1 Å². The first-order chi connectivity index (χ1) is 13.6. The lowest BCUT2D eigenvalue weighted by Gasteiger charge is -2.30. The molecule has 3 N–H and O–H groups in total. The predicted molar refractivity (Wildman–Crippen MR) is 87.9 cm³/mol. The Labute approximate surface area is 162 Å². The van der Waals surface area contributed by atoms with Crippen molar-refractivity contribution in [2.24, 2.45) is 0 Å². The summed E-state index contributed by atoms with van der Waals surface area (Å²) in [6, 6.07) is 1.87. The van der Waals surface area contributed by atoms with Crippen LogP contribution in [0, 0.1) is 6.92 Å². The fraction of sp³-hybridized carbons (Fsp3) is 0.235. The van der Waals surface area contributed by atoms with Gasteiger partial charge in [0.05, 0.1) is 16.8 Å². The molecular weight excluding hydrogens is 427 g/mol. The van der Waals surface area contributed by atoms with Crippen molar-refractivity contribution >= 4 is 17.6 Å². The second-order valence-corrected chi connectivity index (χ2v) is 6.43. The number of benzene rings is 1. The van der Waals surface area contributed by atoms with Crippen molar-refractivity contribution < 1.29 is 40.3 Å². The lowest BCUT2D eigenvalue weighted by molar-refractivity contribution is -0.348. The van der Waals surface area contributed by atoms with Gasteiger partial charge in [0.2, 0.25) is 0 Å². The number of pyridine rings is 1. The topological polar surface area (TPSA) is 94.2 Å². The van der Waals surface area contributed by atoms with Gasteiger partial charge in [0.1, 0.15) is 5.82 Å². The zero-order valence-corrected chi connectivity index (χ0v) is 14.7. The van der Waals surface area contributed by atoms with Crippen LogP contribution in [0.5, 0.6) is 0 Å². The van der Waals surface area contributed by atoms with Gasteiger partial charge in [0.25, 0.3) is 17.4 Å². The second-order valence-electron chi connectivity index (χ2n) is 6.43. The molecule has 0 atom stereocenters. The summed E-state index contributed by atoms with van der Waals surface area (Å²) in [5.74, 6) is -2.39. The number of fused-ring (bicyclic) bond motifs is 1. The third kappa shape index (κ3) is 2.83. The largest absolute Gasteiger partial charge is 0.435 e. The van der Waals surface area contributed by atoms with E-state index in [2.05, 4.69) is 0 Å². The minimum Gasteiger partial charge on any atom is -0.384 e. The third-order valence-corrected chi connectivity index (χ3v) is 4.57. The molecule has 2 amide bonds. The number of carbonyl (C=O) groups is 2. The summed E-state index contributed by atoms with van der Waals surface area (Å²) in [5, 5.41) is 1.90. The fourth-order valence-corrected chi connectivity index (χ4v) is 3.14. The van der Waals surface area contributed by atoms with Crippen molar-refractivity contribution in [2.75, 3.05) is 5.73 Å². The fourth-order valence-electron chi connectivity index (χ4n) is 3.14. The maximum absolute atomic E-state index is 14.3. The number of alkyl halides is 7. The van der Waals surface area contributed by atoms with Gasteiger partial charge in [-0.15, -0.1) is 0 Å². The van der Waals surface area contributed by atoms with E-state index in [-0.39, 0.29) is 34.5 Å². The maximum atomic E-state index is 14.3. The monoisotopic (exact) mass is 437 g/mol. The molecule has 1 aromatic heterocycles. The molecule has 160 valence electrons. The number of carbonyl (C=O) groups excluding carboxylic acids is 2. The molecule has 0 spiro atoms. The minimum absolute atomic E-state index is 0.216. The highest BCUT2D eigenvalue weighted by atomic mass is 19.4. The number of hydrogen-bond acceptors (Lipinski definition) is 4. The average molecular weight is 437 g/mol.